The van der Waals surface area contributed by atoms with Crippen LogP contribution >= 0.6 is 11.6 Å². The molecule has 2 rings (SSSR count). The number of nitrogens with zero attached hydrogens (tertiary/aromatic N) is 1. The van der Waals surface area contributed by atoms with Gasteiger partial charge in [-0.25, -0.2) is 0 Å². The van der Waals surface area contributed by atoms with Gasteiger partial charge in [0.05, 0.1) is 10.5 Å². The number of nitrogens with two attached hydrogens (primary N) is 1. The Morgan fingerprint density at radius 3 is 2.71 bits per heavy atom. The minimum atomic E-state index is -0.141. The van der Waals surface area contributed by atoms with E-state index < -0.39 is 0 Å². The fourth-order valence-corrected chi connectivity index (χ4v) is 2.37. The molecule has 2 heterocycles. The molecule has 2 nitrogen and oxygen atoms in total. The van der Waals surface area contributed by atoms with Crippen molar-refractivity contribution in [2.45, 2.75) is 39.2 Å². The van der Waals surface area contributed by atoms with E-state index in [0.717, 1.165) is 23.4 Å². The van der Waals surface area contributed by atoms with Gasteiger partial charge in [0.1, 0.15) is 0 Å². The van der Waals surface area contributed by atoms with Crippen LogP contribution in [0.3, 0.4) is 0 Å². The molecule has 92 valence electrons. The summed E-state index contributed by atoms with van der Waals surface area (Å²) in [6.45, 7) is 6.19. The second-order valence-electron chi connectivity index (χ2n) is 5.33. The molecule has 0 aliphatic carbocycles. The van der Waals surface area contributed by atoms with Crippen molar-refractivity contribution in [2.75, 3.05) is 0 Å². The Morgan fingerprint density at radius 1 is 1.35 bits per heavy atom. The summed E-state index contributed by atoms with van der Waals surface area (Å²) >= 11 is 6.34. The van der Waals surface area contributed by atoms with E-state index in [1.165, 1.54) is 11.3 Å². The average Bonchev–Trinajstić information content (AvgIpc) is 2.49. The molecule has 0 radical (unpaired) electrons. The second-order valence-corrected chi connectivity index (χ2v) is 5.71. The third-order valence-electron chi connectivity index (χ3n) is 3.14. The first-order valence-electron chi connectivity index (χ1n) is 5.93. The number of pyridine rings is 1. The van der Waals surface area contributed by atoms with Crippen LogP contribution in [-0.4, -0.2) is 9.94 Å². The Labute approximate surface area is 107 Å². The lowest BCUT2D eigenvalue weighted by Gasteiger charge is -2.18. The summed E-state index contributed by atoms with van der Waals surface area (Å²) in [5.41, 5.74) is 9.42. The number of fused-ring (bicyclic) bond motifs is 1. The highest BCUT2D eigenvalue weighted by molar-refractivity contribution is 6.34. The van der Waals surface area contributed by atoms with Crippen molar-refractivity contribution < 1.29 is 0 Å². The number of hydrogen-bond acceptors (Lipinski definition) is 1. The smallest absolute Gasteiger partial charge is 0.0693 e. The van der Waals surface area contributed by atoms with Crippen LogP contribution in [0.1, 0.15) is 31.5 Å². The minimum Gasteiger partial charge on any atom is -0.326 e. The number of hydrogen-bond donors (Lipinski definition) is 1. The molecule has 0 aliphatic rings. The first-order valence-corrected chi connectivity index (χ1v) is 6.31. The molecule has 0 spiro atoms. The van der Waals surface area contributed by atoms with Crippen LogP contribution in [0, 0.1) is 6.92 Å². The molecular weight excluding hydrogens is 232 g/mol. The van der Waals surface area contributed by atoms with Crippen LogP contribution in [0.4, 0.5) is 0 Å². The molecule has 0 atom stereocenters. The summed E-state index contributed by atoms with van der Waals surface area (Å²) in [7, 11) is 0. The number of rotatable bonds is 3. The number of aryl methyl sites for hydroxylation is 1. The lowest BCUT2D eigenvalue weighted by atomic mass is 9.98. The molecule has 0 unspecified atom stereocenters. The molecule has 3 heteroatoms. The van der Waals surface area contributed by atoms with E-state index in [2.05, 4.69) is 31.4 Å². The first kappa shape index (κ1) is 12.5. The molecule has 2 aromatic rings. The topological polar surface area (TPSA) is 30.4 Å². The first-order chi connectivity index (χ1) is 7.90. The summed E-state index contributed by atoms with van der Waals surface area (Å²) in [6, 6.07) is 6.09. The van der Waals surface area contributed by atoms with Gasteiger partial charge in [0, 0.05) is 17.4 Å². The maximum Gasteiger partial charge on any atom is 0.0693 e. The number of aromatic nitrogens is 1. The Kier molecular flexibility index (Phi) is 3.19. The van der Waals surface area contributed by atoms with E-state index in [9.17, 15) is 0 Å². The van der Waals surface area contributed by atoms with Crippen LogP contribution < -0.4 is 5.73 Å². The predicted octanol–water partition coefficient (Wildman–Crippen LogP) is 3.57. The van der Waals surface area contributed by atoms with E-state index in [-0.39, 0.29) is 5.54 Å². The predicted molar refractivity (Wildman–Crippen MR) is 73.7 cm³/mol. The highest BCUT2D eigenvalue weighted by Gasteiger charge is 2.16. The monoisotopic (exact) mass is 250 g/mol. The van der Waals surface area contributed by atoms with Crippen molar-refractivity contribution in [3.63, 3.8) is 0 Å². The van der Waals surface area contributed by atoms with Gasteiger partial charge in [-0.15, -0.1) is 0 Å². The van der Waals surface area contributed by atoms with Crippen molar-refractivity contribution in [3.05, 3.63) is 40.7 Å². The van der Waals surface area contributed by atoms with E-state index >= 15 is 0 Å². The highest BCUT2D eigenvalue weighted by atomic mass is 35.5. The van der Waals surface area contributed by atoms with Crippen LogP contribution in [0.15, 0.2) is 24.4 Å². The zero-order valence-electron chi connectivity index (χ0n) is 10.6. The van der Waals surface area contributed by atoms with Gasteiger partial charge in [0.25, 0.3) is 0 Å². The third kappa shape index (κ3) is 2.48. The lowest BCUT2D eigenvalue weighted by Crippen LogP contribution is -2.32. The van der Waals surface area contributed by atoms with Gasteiger partial charge in [-0.2, -0.15) is 0 Å². The van der Waals surface area contributed by atoms with E-state index in [1.807, 2.05) is 18.2 Å². The molecule has 0 bridgehead atoms. The van der Waals surface area contributed by atoms with Crippen molar-refractivity contribution in [3.8, 4) is 0 Å². The maximum absolute atomic E-state index is 6.34. The van der Waals surface area contributed by atoms with Crippen LogP contribution in [0.2, 0.25) is 5.02 Å². The highest BCUT2D eigenvalue weighted by Crippen LogP contribution is 2.29. The molecule has 0 saturated heterocycles. The summed E-state index contributed by atoms with van der Waals surface area (Å²) < 4.78 is 2.17. The van der Waals surface area contributed by atoms with Gasteiger partial charge < -0.3 is 10.1 Å². The Morgan fingerprint density at radius 2 is 2.06 bits per heavy atom. The summed E-state index contributed by atoms with van der Waals surface area (Å²) in [6.07, 6.45) is 3.96. The standard InChI is InChI=1S/C14H19ClN2/c1-10-11(7-8-14(2,3)16)17-9-5-4-6-12(17)13(10)15/h4-6,9H,7-8,16H2,1-3H3. The molecule has 0 amide bonds. The minimum absolute atomic E-state index is 0.141. The Hall–Kier alpha value is -0.990. The summed E-state index contributed by atoms with van der Waals surface area (Å²) in [4.78, 5) is 0. The quantitative estimate of drug-likeness (QED) is 0.887. The summed E-state index contributed by atoms with van der Waals surface area (Å²) in [5, 5.41) is 0.857. The molecule has 17 heavy (non-hydrogen) atoms. The molecule has 0 aliphatic heterocycles. The van der Waals surface area contributed by atoms with Crippen molar-refractivity contribution in [1.29, 1.82) is 0 Å². The normalized spacial score (nSPS) is 12.3. The zero-order chi connectivity index (χ0) is 12.6. The SMILES string of the molecule is Cc1c(Cl)c2ccccn2c1CCC(C)(C)N. The number of halogens is 1. The third-order valence-corrected chi connectivity index (χ3v) is 3.62. The van der Waals surface area contributed by atoms with Gasteiger partial charge in [0.2, 0.25) is 0 Å². The van der Waals surface area contributed by atoms with Gasteiger partial charge in [-0.1, -0.05) is 17.7 Å². The molecule has 0 saturated carbocycles. The Bertz CT molecular complexity index is 535. The van der Waals surface area contributed by atoms with E-state index in [4.69, 9.17) is 17.3 Å². The van der Waals surface area contributed by atoms with Crippen molar-refractivity contribution in [1.82, 2.24) is 4.40 Å². The van der Waals surface area contributed by atoms with E-state index in [1.54, 1.807) is 0 Å². The lowest BCUT2D eigenvalue weighted by molar-refractivity contribution is 0.473. The van der Waals surface area contributed by atoms with Crippen molar-refractivity contribution >= 4 is 17.1 Å². The van der Waals surface area contributed by atoms with E-state index in [0.29, 0.717) is 0 Å². The zero-order valence-corrected chi connectivity index (χ0v) is 11.4. The fourth-order valence-electron chi connectivity index (χ4n) is 2.11. The van der Waals surface area contributed by atoms with Gasteiger partial charge in [0.15, 0.2) is 0 Å². The van der Waals surface area contributed by atoms with Gasteiger partial charge in [-0.3, -0.25) is 0 Å². The van der Waals surface area contributed by atoms with Gasteiger partial charge >= 0.3 is 0 Å². The summed E-state index contributed by atoms with van der Waals surface area (Å²) in [5.74, 6) is 0. The van der Waals surface area contributed by atoms with Crippen LogP contribution in [0.25, 0.3) is 5.52 Å². The molecular formula is C14H19ClN2. The van der Waals surface area contributed by atoms with Crippen LogP contribution in [0.5, 0.6) is 0 Å². The molecule has 2 aromatic heterocycles. The second kappa shape index (κ2) is 4.35. The molecule has 2 N–H and O–H groups in total. The molecule has 0 aromatic carbocycles. The average molecular weight is 251 g/mol. The fraction of sp³-hybridized carbons (Fsp3) is 0.429. The van der Waals surface area contributed by atoms with Gasteiger partial charge in [-0.05, 0) is 51.3 Å². The molecule has 0 fully saturated rings. The Balaban J connectivity index is 2.43. The maximum atomic E-state index is 6.34. The van der Waals surface area contributed by atoms with Crippen LogP contribution in [-0.2, 0) is 6.42 Å². The largest absolute Gasteiger partial charge is 0.326 e. The van der Waals surface area contributed by atoms with Crippen molar-refractivity contribution in [2.24, 2.45) is 5.73 Å².